The van der Waals surface area contributed by atoms with Gasteiger partial charge >= 0.3 is 0 Å². The standard InChI is InChI=1S/C16H11ClFNO2/c1-9-4-2-5-10-14(9)19(16(21)15(10)20)8-11-12(17)6-3-7-13(11)18/h2-7H,8H2,1H3. The van der Waals surface area contributed by atoms with Crippen LogP contribution in [-0.4, -0.2) is 11.7 Å². The third-order valence-electron chi connectivity index (χ3n) is 3.57. The van der Waals surface area contributed by atoms with E-state index in [2.05, 4.69) is 0 Å². The van der Waals surface area contributed by atoms with Crippen LogP contribution in [0.15, 0.2) is 36.4 Å². The van der Waals surface area contributed by atoms with Gasteiger partial charge in [0.2, 0.25) is 0 Å². The highest BCUT2D eigenvalue weighted by atomic mass is 35.5. The smallest absolute Gasteiger partial charge is 0.299 e. The van der Waals surface area contributed by atoms with Gasteiger partial charge in [-0.15, -0.1) is 0 Å². The van der Waals surface area contributed by atoms with E-state index in [0.717, 1.165) is 5.56 Å². The van der Waals surface area contributed by atoms with Crippen molar-refractivity contribution < 1.29 is 14.0 Å². The number of fused-ring (bicyclic) bond motifs is 1. The van der Waals surface area contributed by atoms with Crippen LogP contribution in [0, 0.1) is 12.7 Å². The Kier molecular flexibility index (Phi) is 3.26. The Hall–Kier alpha value is -2.20. The first-order valence-corrected chi connectivity index (χ1v) is 6.77. The van der Waals surface area contributed by atoms with E-state index >= 15 is 0 Å². The lowest BCUT2D eigenvalue weighted by Gasteiger charge is -2.19. The summed E-state index contributed by atoms with van der Waals surface area (Å²) in [6.45, 7) is 1.74. The molecule has 21 heavy (non-hydrogen) atoms. The largest absolute Gasteiger partial charge is 0.300 e. The molecular formula is C16H11ClFNO2. The Balaban J connectivity index is 2.09. The van der Waals surface area contributed by atoms with Gasteiger partial charge in [0.15, 0.2) is 0 Å². The minimum absolute atomic E-state index is 0.0616. The maximum Gasteiger partial charge on any atom is 0.299 e. The Bertz CT molecular complexity index is 753. The van der Waals surface area contributed by atoms with Crippen molar-refractivity contribution in [3.05, 3.63) is 63.9 Å². The zero-order valence-electron chi connectivity index (χ0n) is 11.2. The molecule has 0 radical (unpaired) electrons. The number of nitrogens with zero attached hydrogens (tertiary/aromatic N) is 1. The fourth-order valence-electron chi connectivity index (χ4n) is 2.53. The Labute approximate surface area is 125 Å². The number of aryl methyl sites for hydroxylation is 1. The van der Waals surface area contributed by atoms with Crippen LogP contribution in [-0.2, 0) is 11.3 Å². The molecular weight excluding hydrogens is 293 g/mol. The predicted octanol–water partition coefficient (Wildman–Crippen LogP) is 3.52. The van der Waals surface area contributed by atoms with Crippen molar-refractivity contribution in [1.82, 2.24) is 0 Å². The van der Waals surface area contributed by atoms with Crippen LogP contribution in [0.4, 0.5) is 10.1 Å². The van der Waals surface area contributed by atoms with Gasteiger partial charge in [0.25, 0.3) is 11.7 Å². The average molecular weight is 304 g/mol. The molecule has 106 valence electrons. The number of benzene rings is 2. The number of ketones is 1. The number of anilines is 1. The van der Waals surface area contributed by atoms with Gasteiger partial charge in [-0.3, -0.25) is 14.5 Å². The van der Waals surface area contributed by atoms with Crippen LogP contribution >= 0.6 is 11.6 Å². The van der Waals surface area contributed by atoms with Gasteiger partial charge in [-0.05, 0) is 30.7 Å². The normalized spacial score (nSPS) is 13.8. The second-order valence-electron chi connectivity index (χ2n) is 4.89. The maximum atomic E-state index is 13.9. The molecule has 0 aliphatic carbocycles. The molecule has 1 aliphatic rings. The molecule has 5 heteroatoms. The number of hydrogen-bond acceptors (Lipinski definition) is 2. The van der Waals surface area contributed by atoms with Crippen molar-refractivity contribution in [3.63, 3.8) is 0 Å². The van der Waals surface area contributed by atoms with E-state index < -0.39 is 17.5 Å². The number of para-hydroxylation sites is 1. The third kappa shape index (κ3) is 2.12. The van der Waals surface area contributed by atoms with Gasteiger partial charge < -0.3 is 0 Å². The minimum Gasteiger partial charge on any atom is -0.300 e. The van der Waals surface area contributed by atoms with Crippen molar-refractivity contribution in [3.8, 4) is 0 Å². The van der Waals surface area contributed by atoms with Gasteiger partial charge in [0.05, 0.1) is 17.8 Å². The molecule has 1 amide bonds. The first kappa shape index (κ1) is 13.8. The van der Waals surface area contributed by atoms with Crippen molar-refractivity contribution in [1.29, 1.82) is 0 Å². The minimum atomic E-state index is -0.654. The van der Waals surface area contributed by atoms with Gasteiger partial charge in [0.1, 0.15) is 5.82 Å². The summed E-state index contributed by atoms with van der Waals surface area (Å²) in [7, 11) is 0. The highest BCUT2D eigenvalue weighted by Crippen LogP contribution is 2.34. The summed E-state index contributed by atoms with van der Waals surface area (Å²) < 4.78 is 13.9. The predicted molar refractivity (Wildman–Crippen MR) is 78.1 cm³/mol. The quantitative estimate of drug-likeness (QED) is 0.796. The number of Topliss-reactive ketones (excluding diaryl/α,β-unsaturated/α-hetero) is 1. The van der Waals surface area contributed by atoms with Gasteiger partial charge in [-0.2, -0.15) is 0 Å². The van der Waals surface area contributed by atoms with E-state index in [0.29, 0.717) is 11.3 Å². The van der Waals surface area contributed by atoms with Gasteiger partial charge in [-0.1, -0.05) is 29.8 Å². The summed E-state index contributed by atoms with van der Waals surface area (Å²) in [5, 5.41) is 0.234. The third-order valence-corrected chi connectivity index (χ3v) is 3.92. The number of rotatable bonds is 2. The molecule has 0 N–H and O–H groups in total. The van der Waals surface area contributed by atoms with E-state index in [1.807, 2.05) is 0 Å². The summed E-state index contributed by atoms with van der Waals surface area (Å²) in [6, 6.07) is 9.46. The van der Waals surface area contributed by atoms with E-state index in [1.54, 1.807) is 31.2 Å². The fourth-order valence-corrected chi connectivity index (χ4v) is 2.75. The van der Waals surface area contributed by atoms with Crippen molar-refractivity contribution >= 4 is 29.0 Å². The van der Waals surface area contributed by atoms with Crippen LogP contribution in [0.3, 0.4) is 0 Å². The van der Waals surface area contributed by atoms with Crippen LogP contribution < -0.4 is 4.90 Å². The van der Waals surface area contributed by atoms with E-state index in [4.69, 9.17) is 11.6 Å². The monoisotopic (exact) mass is 303 g/mol. The topological polar surface area (TPSA) is 37.4 Å². The zero-order valence-corrected chi connectivity index (χ0v) is 11.9. The van der Waals surface area contributed by atoms with Crippen LogP contribution in [0.2, 0.25) is 5.02 Å². The van der Waals surface area contributed by atoms with Crippen molar-refractivity contribution in [2.75, 3.05) is 4.90 Å². The molecule has 0 aromatic heterocycles. The molecule has 0 fully saturated rings. The van der Waals surface area contributed by atoms with Crippen LogP contribution in [0.25, 0.3) is 0 Å². The molecule has 0 spiro atoms. The fraction of sp³-hybridized carbons (Fsp3) is 0.125. The summed E-state index contributed by atoms with van der Waals surface area (Å²) in [6.07, 6.45) is 0. The molecule has 0 saturated heterocycles. The van der Waals surface area contributed by atoms with E-state index in [9.17, 15) is 14.0 Å². The Morgan fingerprint density at radius 3 is 2.57 bits per heavy atom. The number of carbonyl (C=O) groups is 2. The summed E-state index contributed by atoms with van der Waals surface area (Å²) >= 11 is 6.00. The number of carbonyl (C=O) groups excluding carboxylic acids is 2. The molecule has 0 atom stereocenters. The number of amides is 1. The lowest BCUT2D eigenvalue weighted by molar-refractivity contribution is -0.114. The summed E-state index contributed by atoms with van der Waals surface area (Å²) in [5.41, 5.74) is 1.88. The molecule has 3 rings (SSSR count). The molecule has 1 aliphatic heterocycles. The number of halogens is 2. The highest BCUT2D eigenvalue weighted by Gasteiger charge is 2.37. The zero-order chi connectivity index (χ0) is 15.1. The van der Waals surface area contributed by atoms with Crippen LogP contribution in [0.1, 0.15) is 21.5 Å². The molecule has 2 aromatic carbocycles. The second-order valence-corrected chi connectivity index (χ2v) is 5.30. The van der Waals surface area contributed by atoms with Crippen molar-refractivity contribution in [2.24, 2.45) is 0 Å². The van der Waals surface area contributed by atoms with Crippen molar-refractivity contribution in [2.45, 2.75) is 13.5 Å². The lowest BCUT2D eigenvalue weighted by Crippen LogP contribution is -2.30. The molecule has 0 saturated carbocycles. The summed E-state index contributed by atoms with van der Waals surface area (Å²) in [5.74, 6) is -1.72. The highest BCUT2D eigenvalue weighted by molar-refractivity contribution is 6.52. The molecule has 0 bridgehead atoms. The van der Waals surface area contributed by atoms with E-state index in [1.165, 1.54) is 17.0 Å². The Morgan fingerprint density at radius 1 is 1.14 bits per heavy atom. The molecule has 0 unspecified atom stereocenters. The second kappa shape index (κ2) is 4.97. The van der Waals surface area contributed by atoms with Gasteiger partial charge in [0, 0.05) is 10.6 Å². The SMILES string of the molecule is Cc1cccc2c1N(Cc1c(F)cccc1Cl)C(=O)C2=O. The first-order chi connectivity index (χ1) is 10.0. The molecule has 1 heterocycles. The summed E-state index contributed by atoms with van der Waals surface area (Å²) in [4.78, 5) is 25.4. The maximum absolute atomic E-state index is 13.9. The van der Waals surface area contributed by atoms with Crippen LogP contribution in [0.5, 0.6) is 0 Å². The van der Waals surface area contributed by atoms with E-state index in [-0.39, 0.29) is 17.1 Å². The average Bonchev–Trinajstić information content (AvgIpc) is 2.69. The number of hydrogen-bond donors (Lipinski definition) is 0. The van der Waals surface area contributed by atoms with Gasteiger partial charge in [-0.25, -0.2) is 4.39 Å². The Morgan fingerprint density at radius 2 is 1.86 bits per heavy atom. The molecule has 2 aromatic rings. The first-order valence-electron chi connectivity index (χ1n) is 6.39. The lowest BCUT2D eigenvalue weighted by atomic mass is 10.1. The molecule has 3 nitrogen and oxygen atoms in total.